The van der Waals surface area contributed by atoms with Gasteiger partial charge >= 0.3 is 0 Å². The third-order valence-electron chi connectivity index (χ3n) is 2.96. The Labute approximate surface area is 106 Å². The average Bonchev–Trinajstić information content (AvgIpc) is 2.39. The van der Waals surface area contributed by atoms with Crippen molar-refractivity contribution in [1.82, 2.24) is 0 Å². The molecule has 0 aromatic heterocycles. The normalized spacial score (nSPS) is 15.2. The molecule has 0 unspecified atom stereocenters. The Morgan fingerprint density at radius 3 is 3.06 bits per heavy atom. The van der Waals surface area contributed by atoms with E-state index in [2.05, 4.69) is 5.32 Å². The molecule has 1 aromatic carbocycles. The lowest BCUT2D eigenvalue weighted by molar-refractivity contribution is -0.113. The van der Waals surface area contributed by atoms with Gasteiger partial charge in [0.05, 0.1) is 18.8 Å². The van der Waals surface area contributed by atoms with Gasteiger partial charge in [-0.3, -0.25) is 4.79 Å². The van der Waals surface area contributed by atoms with E-state index in [1.165, 1.54) is 0 Å². The maximum Gasteiger partial charge on any atom is 0.254 e. The molecule has 2 N–H and O–H groups in total. The highest BCUT2D eigenvalue weighted by Crippen LogP contribution is 2.20. The number of benzene rings is 1. The minimum Gasteiger partial charge on any atom is -0.498 e. The minimum absolute atomic E-state index is 0.0332. The first-order valence-electron chi connectivity index (χ1n) is 6.04. The molecule has 0 atom stereocenters. The Bertz CT molecular complexity index is 480. The first kappa shape index (κ1) is 12.6. The molecule has 4 nitrogen and oxygen atoms in total. The van der Waals surface area contributed by atoms with Crippen molar-refractivity contribution in [3.05, 3.63) is 41.2 Å². The number of hydrogen-bond donors (Lipinski definition) is 2. The van der Waals surface area contributed by atoms with Crippen molar-refractivity contribution >= 4 is 11.6 Å². The van der Waals surface area contributed by atoms with Crippen LogP contribution >= 0.6 is 0 Å². The summed E-state index contributed by atoms with van der Waals surface area (Å²) in [5.41, 5.74) is 2.17. The molecule has 1 amide bonds. The number of allylic oxidation sites excluding steroid dienone is 1. The highest BCUT2D eigenvalue weighted by atomic mass is 16.5. The molecule has 0 aliphatic carbocycles. The van der Waals surface area contributed by atoms with Crippen molar-refractivity contribution in [2.45, 2.75) is 26.4 Å². The molecule has 0 radical (unpaired) electrons. The molecule has 0 fully saturated rings. The van der Waals surface area contributed by atoms with E-state index >= 15 is 0 Å². The van der Waals surface area contributed by atoms with Gasteiger partial charge in [0.25, 0.3) is 5.91 Å². The fourth-order valence-corrected chi connectivity index (χ4v) is 1.96. The Hall–Kier alpha value is -1.81. The van der Waals surface area contributed by atoms with Crippen molar-refractivity contribution in [2.75, 3.05) is 11.9 Å². The molecule has 0 saturated carbocycles. The lowest BCUT2D eigenvalue weighted by Crippen LogP contribution is -2.19. The molecular weight excluding hydrogens is 230 g/mol. The quantitative estimate of drug-likeness (QED) is 0.860. The fourth-order valence-electron chi connectivity index (χ4n) is 1.96. The molecule has 4 heteroatoms. The van der Waals surface area contributed by atoms with E-state index in [0.29, 0.717) is 23.6 Å². The average molecular weight is 247 g/mol. The van der Waals surface area contributed by atoms with E-state index in [1.807, 2.05) is 13.0 Å². The molecule has 0 spiro atoms. The summed E-state index contributed by atoms with van der Waals surface area (Å²) in [6.45, 7) is 2.47. The summed E-state index contributed by atoms with van der Waals surface area (Å²) in [5.74, 6) is 0.583. The summed E-state index contributed by atoms with van der Waals surface area (Å²) in [6, 6.07) is 7.18. The minimum atomic E-state index is -0.123. The highest BCUT2D eigenvalue weighted by Gasteiger charge is 2.17. The zero-order valence-electron chi connectivity index (χ0n) is 10.4. The molecule has 1 heterocycles. The van der Waals surface area contributed by atoms with Crippen LogP contribution in [0.4, 0.5) is 5.69 Å². The molecule has 1 aromatic rings. The summed E-state index contributed by atoms with van der Waals surface area (Å²) < 4.78 is 5.37. The summed E-state index contributed by atoms with van der Waals surface area (Å²) >= 11 is 0. The lowest BCUT2D eigenvalue weighted by atomic mass is 10.1. The predicted molar refractivity (Wildman–Crippen MR) is 68.9 cm³/mol. The van der Waals surface area contributed by atoms with Crippen molar-refractivity contribution in [3.8, 4) is 0 Å². The van der Waals surface area contributed by atoms with Crippen molar-refractivity contribution < 1.29 is 14.6 Å². The summed E-state index contributed by atoms with van der Waals surface area (Å²) in [6.07, 6.45) is 1.62. The van der Waals surface area contributed by atoms with Crippen LogP contribution in [-0.4, -0.2) is 17.6 Å². The van der Waals surface area contributed by atoms with Gasteiger partial charge in [0.15, 0.2) is 0 Å². The zero-order chi connectivity index (χ0) is 13.0. The van der Waals surface area contributed by atoms with Gasteiger partial charge in [-0.25, -0.2) is 0 Å². The van der Waals surface area contributed by atoms with Crippen LogP contribution in [0.15, 0.2) is 35.6 Å². The third-order valence-corrected chi connectivity index (χ3v) is 2.96. The Morgan fingerprint density at radius 1 is 1.50 bits per heavy atom. The standard InChI is InChI=1S/C14H17NO3/c1-10-13(6-3-7-18-10)14(17)15-12-5-2-4-11(8-12)9-16/h2,4-5,8,16H,3,6-7,9H2,1H3,(H,15,17). The molecule has 1 aliphatic heterocycles. The van der Waals surface area contributed by atoms with Crippen molar-refractivity contribution in [2.24, 2.45) is 0 Å². The molecule has 0 bridgehead atoms. The Kier molecular flexibility index (Phi) is 3.99. The van der Waals surface area contributed by atoms with Crippen molar-refractivity contribution in [1.29, 1.82) is 0 Å². The number of aliphatic hydroxyl groups excluding tert-OH is 1. The van der Waals surface area contributed by atoms with Gasteiger partial charge in [-0.1, -0.05) is 12.1 Å². The van der Waals surface area contributed by atoms with E-state index in [9.17, 15) is 4.79 Å². The molecular formula is C14H17NO3. The monoisotopic (exact) mass is 247 g/mol. The fraction of sp³-hybridized carbons (Fsp3) is 0.357. The zero-order valence-corrected chi connectivity index (χ0v) is 10.4. The number of nitrogens with one attached hydrogen (secondary N) is 1. The van der Waals surface area contributed by atoms with Gasteiger partial charge in [0.2, 0.25) is 0 Å². The van der Waals surface area contributed by atoms with Gasteiger partial charge in [-0.15, -0.1) is 0 Å². The highest BCUT2D eigenvalue weighted by molar-refractivity contribution is 6.04. The third kappa shape index (κ3) is 2.90. The van der Waals surface area contributed by atoms with Gasteiger partial charge in [0.1, 0.15) is 5.76 Å². The van der Waals surface area contributed by atoms with E-state index in [0.717, 1.165) is 18.4 Å². The second-order valence-electron chi connectivity index (χ2n) is 4.30. The van der Waals surface area contributed by atoms with Crippen LogP contribution in [0, 0.1) is 0 Å². The van der Waals surface area contributed by atoms with E-state index in [1.54, 1.807) is 18.2 Å². The second-order valence-corrected chi connectivity index (χ2v) is 4.30. The Morgan fingerprint density at radius 2 is 2.33 bits per heavy atom. The SMILES string of the molecule is CC1=C(C(=O)Nc2cccc(CO)c2)CCCO1. The summed E-state index contributed by atoms with van der Waals surface area (Å²) in [5, 5.41) is 11.9. The topological polar surface area (TPSA) is 58.6 Å². The maximum atomic E-state index is 12.1. The lowest BCUT2D eigenvalue weighted by Gasteiger charge is -2.18. The predicted octanol–water partition coefficient (Wildman–Crippen LogP) is 2.20. The smallest absolute Gasteiger partial charge is 0.254 e. The van der Waals surface area contributed by atoms with Crippen LogP contribution in [0.5, 0.6) is 0 Å². The summed E-state index contributed by atoms with van der Waals surface area (Å²) in [7, 11) is 0. The number of anilines is 1. The molecule has 1 aliphatic rings. The molecule has 0 saturated heterocycles. The van der Waals surface area contributed by atoms with E-state index in [-0.39, 0.29) is 12.5 Å². The van der Waals surface area contributed by atoms with Gasteiger partial charge in [-0.2, -0.15) is 0 Å². The maximum absolute atomic E-state index is 12.1. The largest absolute Gasteiger partial charge is 0.498 e. The van der Waals surface area contributed by atoms with Crippen molar-refractivity contribution in [3.63, 3.8) is 0 Å². The number of carbonyl (C=O) groups excluding carboxylic acids is 1. The molecule has 18 heavy (non-hydrogen) atoms. The van der Waals surface area contributed by atoms with Crippen LogP contribution in [0.2, 0.25) is 0 Å². The van der Waals surface area contributed by atoms with E-state index in [4.69, 9.17) is 9.84 Å². The second kappa shape index (κ2) is 5.69. The number of rotatable bonds is 3. The number of hydrogen-bond acceptors (Lipinski definition) is 3. The molecule has 96 valence electrons. The number of carbonyl (C=O) groups is 1. The van der Waals surface area contributed by atoms with Crippen LogP contribution in [0.3, 0.4) is 0 Å². The molecule has 2 rings (SSSR count). The number of amides is 1. The van der Waals surface area contributed by atoms with E-state index < -0.39 is 0 Å². The van der Waals surface area contributed by atoms with Crippen LogP contribution in [0.1, 0.15) is 25.3 Å². The first-order valence-corrected chi connectivity index (χ1v) is 6.04. The van der Waals surface area contributed by atoms with Gasteiger partial charge in [-0.05, 0) is 37.5 Å². The summed E-state index contributed by atoms with van der Waals surface area (Å²) in [4.78, 5) is 12.1. The van der Waals surface area contributed by atoms with Crippen LogP contribution in [-0.2, 0) is 16.1 Å². The van der Waals surface area contributed by atoms with Crippen LogP contribution < -0.4 is 5.32 Å². The first-order chi connectivity index (χ1) is 8.70. The number of ether oxygens (including phenoxy) is 1. The Balaban J connectivity index is 2.11. The number of aliphatic hydroxyl groups is 1. The van der Waals surface area contributed by atoms with Crippen LogP contribution in [0.25, 0.3) is 0 Å². The van der Waals surface area contributed by atoms with Gasteiger partial charge in [0, 0.05) is 5.69 Å². The van der Waals surface area contributed by atoms with Gasteiger partial charge < -0.3 is 15.2 Å².